The molecule has 0 radical (unpaired) electrons. The first kappa shape index (κ1) is 15.4. The van der Waals surface area contributed by atoms with Gasteiger partial charge in [-0.2, -0.15) is 0 Å². The molecule has 0 aromatic rings. The molecular formula is C12H26N2O2. The largest absolute Gasteiger partial charge is 0.385 e. The molecule has 16 heavy (non-hydrogen) atoms. The van der Waals surface area contributed by atoms with Gasteiger partial charge in [0, 0.05) is 19.8 Å². The lowest BCUT2D eigenvalue weighted by Gasteiger charge is -2.24. The molecule has 0 rings (SSSR count). The number of methoxy groups -OCH3 is 1. The molecule has 2 atom stereocenters. The van der Waals surface area contributed by atoms with Crippen LogP contribution in [0, 0.1) is 5.92 Å². The lowest BCUT2D eigenvalue weighted by Crippen LogP contribution is -2.47. The van der Waals surface area contributed by atoms with E-state index in [9.17, 15) is 4.79 Å². The normalized spacial score (nSPS) is 14.9. The minimum absolute atomic E-state index is 0.0727. The molecule has 0 heterocycles. The summed E-state index contributed by atoms with van der Waals surface area (Å²) in [5.74, 6) is 0.454. The molecule has 0 aromatic carbocycles. The third kappa shape index (κ3) is 5.47. The Bertz CT molecular complexity index is 193. The van der Waals surface area contributed by atoms with Gasteiger partial charge in [0.15, 0.2) is 0 Å². The molecule has 0 saturated heterocycles. The Balaban J connectivity index is 4.01. The molecule has 0 bridgehead atoms. The van der Waals surface area contributed by atoms with Crippen LogP contribution in [0.3, 0.4) is 0 Å². The lowest BCUT2D eigenvalue weighted by molar-refractivity contribution is -0.123. The predicted molar refractivity (Wildman–Crippen MR) is 66.1 cm³/mol. The van der Waals surface area contributed by atoms with E-state index in [0.29, 0.717) is 18.9 Å². The van der Waals surface area contributed by atoms with Crippen molar-refractivity contribution in [2.45, 2.75) is 52.1 Å². The third-order valence-corrected chi connectivity index (χ3v) is 3.10. The van der Waals surface area contributed by atoms with Crippen LogP contribution >= 0.6 is 0 Å². The standard InChI is InChI=1S/C12H26N2O2/c1-5-10(6-2)9(3)14-12(15)11(13)7-8-16-4/h9-11H,5-8,13H2,1-4H3,(H,14,15). The topological polar surface area (TPSA) is 64.4 Å². The van der Waals surface area contributed by atoms with Gasteiger partial charge in [0.2, 0.25) is 5.91 Å². The number of amides is 1. The van der Waals surface area contributed by atoms with Crippen molar-refractivity contribution in [3.05, 3.63) is 0 Å². The van der Waals surface area contributed by atoms with E-state index in [0.717, 1.165) is 12.8 Å². The third-order valence-electron chi connectivity index (χ3n) is 3.10. The van der Waals surface area contributed by atoms with E-state index < -0.39 is 6.04 Å². The number of carbonyl (C=O) groups is 1. The van der Waals surface area contributed by atoms with E-state index in [1.807, 2.05) is 6.92 Å². The number of nitrogens with one attached hydrogen (secondary N) is 1. The Hall–Kier alpha value is -0.610. The van der Waals surface area contributed by atoms with E-state index in [2.05, 4.69) is 19.2 Å². The van der Waals surface area contributed by atoms with Crippen LogP contribution < -0.4 is 11.1 Å². The molecule has 1 amide bonds. The monoisotopic (exact) mass is 230 g/mol. The molecule has 0 aliphatic heterocycles. The zero-order valence-electron chi connectivity index (χ0n) is 11.0. The van der Waals surface area contributed by atoms with Gasteiger partial charge in [0.05, 0.1) is 6.04 Å². The van der Waals surface area contributed by atoms with Crippen LogP contribution in [-0.2, 0) is 9.53 Å². The van der Waals surface area contributed by atoms with Gasteiger partial charge in [-0.25, -0.2) is 0 Å². The zero-order chi connectivity index (χ0) is 12.6. The number of rotatable bonds is 8. The number of nitrogens with two attached hydrogens (primary N) is 1. The molecule has 0 aliphatic rings. The molecule has 3 N–H and O–H groups in total. The van der Waals surface area contributed by atoms with Gasteiger partial charge in [-0.05, 0) is 19.3 Å². The number of hydrogen-bond acceptors (Lipinski definition) is 3. The Morgan fingerprint density at radius 3 is 2.38 bits per heavy atom. The van der Waals surface area contributed by atoms with E-state index in [1.54, 1.807) is 7.11 Å². The van der Waals surface area contributed by atoms with Crippen molar-refractivity contribution in [2.75, 3.05) is 13.7 Å². The fourth-order valence-corrected chi connectivity index (χ4v) is 1.82. The van der Waals surface area contributed by atoms with Crippen molar-refractivity contribution in [3.8, 4) is 0 Å². The first-order valence-electron chi connectivity index (χ1n) is 6.11. The van der Waals surface area contributed by atoms with Gasteiger partial charge in [-0.15, -0.1) is 0 Å². The minimum atomic E-state index is -0.461. The second-order valence-electron chi connectivity index (χ2n) is 4.26. The molecule has 0 aromatic heterocycles. The highest BCUT2D eigenvalue weighted by Gasteiger charge is 2.19. The maximum absolute atomic E-state index is 11.7. The van der Waals surface area contributed by atoms with E-state index >= 15 is 0 Å². The summed E-state index contributed by atoms with van der Waals surface area (Å²) in [7, 11) is 1.61. The van der Waals surface area contributed by atoms with Crippen LogP contribution in [0.2, 0.25) is 0 Å². The van der Waals surface area contributed by atoms with Crippen LogP contribution in [-0.4, -0.2) is 31.7 Å². The summed E-state index contributed by atoms with van der Waals surface area (Å²) < 4.78 is 4.90. The molecule has 4 nitrogen and oxygen atoms in total. The Morgan fingerprint density at radius 2 is 1.94 bits per heavy atom. The minimum Gasteiger partial charge on any atom is -0.385 e. The Morgan fingerprint density at radius 1 is 1.38 bits per heavy atom. The quantitative estimate of drug-likeness (QED) is 0.660. The summed E-state index contributed by atoms with van der Waals surface area (Å²) in [6, 6.07) is -0.271. The molecule has 0 saturated carbocycles. The zero-order valence-corrected chi connectivity index (χ0v) is 11.0. The summed E-state index contributed by atoms with van der Waals surface area (Å²) in [6.07, 6.45) is 2.72. The first-order chi connectivity index (χ1) is 7.56. The molecule has 0 fully saturated rings. The molecule has 0 spiro atoms. The van der Waals surface area contributed by atoms with Crippen LogP contribution in [0.15, 0.2) is 0 Å². The molecule has 96 valence electrons. The maximum atomic E-state index is 11.7. The fraction of sp³-hybridized carbons (Fsp3) is 0.917. The van der Waals surface area contributed by atoms with Crippen LogP contribution in [0.5, 0.6) is 0 Å². The van der Waals surface area contributed by atoms with Crippen molar-refractivity contribution in [1.82, 2.24) is 5.32 Å². The van der Waals surface area contributed by atoms with Gasteiger partial charge in [0.25, 0.3) is 0 Å². The summed E-state index contributed by atoms with van der Waals surface area (Å²) in [5, 5.41) is 2.97. The summed E-state index contributed by atoms with van der Waals surface area (Å²) in [6.45, 7) is 6.84. The second kappa shape index (κ2) is 8.53. The molecular weight excluding hydrogens is 204 g/mol. The van der Waals surface area contributed by atoms with Gasteiger partial charge in [-0.3, -0.25) is 4.79 Å². The Kier molecular flexibility index (Phi) is 8.21. The van der Waals surface area contributed by atoms with Gasteiger partial charge in [0.1, 0.15) is 0 Å². The van der Waals surface area contributed by atoms with Gasteiger partial charge in [-0.1, -0.05) is 26.7 Å². The van der Waals surface area contributed by atoms with Crippen molar-refractivity contribution < 1.29 is 9.53 Å². The van der Waals surface area contributed by atoms with Crippen LogP contribution in [0.1, 0.15) is 40.0 Å². The highest BCUT2D eigenvalue weighted by atomic mass is 16.5. The number of ether oxygens (including phenoxy) is 1. The molecule has 2 unspecified atom stereocenters. The van der Waals surface area contributed by atoms with Gasteiger partial charge >= 0.3 is 0 Å². The molecule has 4 heteroatoms. The van der Waals surface area contributed by atoms with Crippen molar-refractivity contribution in [2.24, 2.45) is 11.7 Å². The van der Waals surface area contributed by atoms with E-state index in [-0.39, 0.29) is 11.9 Å². The summed E-state index contributed by atoms with van der Waals surface area (Å²) in [5.41, 5.74) is 5.74. The first-order valence-corrected chi connectivity index (χ1v) is 6.11. The van der Waals surface area contributed by atoms with Crippen molar-refractivity contribution >= 4 is 5.91 Å². The number of carbonyl (C=O) groups excluding carboxylic acids is 1. The maximum Gasteiger partial charge on any atom is 0.237 e. The molecule has 0 aliphatic carbocycles. The highest BCUT2D eigenvalue weighted by Crippen LogP contribution is 2.12. The smallest absolute Gasteiger partial charge is 0.237 e. The van der Waals surface area contributed by atoms with Gasteiger partial charge < -0.3 is 15.8 Å². The van der Waals surface area contributed by atoms with E-state index in [4.69, 9.17) is 10.5 Å². The average Bonchev–Trinajstić information content (AvgIpc) is 2.27. The lowest BCUT2D eigenvalue weighted by atomic mass is 9.95. The SMILES string of the molecule is CCC(CC)C(C)NC(=O)C(N)CCOC. The summed E-state index contributed by atoms with van der Waals surface area (Å²) in [4.78, 5) is 11.7. The van der Waals surface area contributed by atoms with Crippen molar-refractivity contribution in [3.63, 3.8) is 0 Å². The average molecular weight is 230 g/mol. The van der Waals surface area contributed by atoms with Crippen molar-refractivity contribution in [1.29, 1.82) is 0 Å². The van der Waals surface area contributed by atoms with Crippen LogP contribution in [0.25, 0.3) is 0 Å². The second-order valence-corrected chi connectivity index (χ2v) is 4.26. The fourth-order valence-electron chi connectivity index (χ4n) is 1.82. The highest BCUT2D eigenvalue weighted by molar-refractivity contribution is 5.81. The summed E-state index contributed by atoms with van der Waals surface area (Å²) >= 11 is 0. The van der Waals surface area contributed by atoms with Crippen LogP contribution in [0.4, 0.5) is 0 Å². The predicted octanol–water partition coefficient (Wildman–Crippen LogP) is 1.29. The van der Waals surface area contributed by atoms with E-state index in [1.165, 1.54) is 0 Å². The number of hydrogen-bond donors (Lipinski definition) is 2. The Labute approximate surface area is 98.9 Å².